The summed E-state index contributed by atoms with van der Waals surface area (Å²) in [6.45, 7) is 3.38. The molecule has 14 heavy (non-hydrogen) atoms. The van der Waals surface area contributed by atoms with E-state index in [0.717, 1.165) is 10.6 Å². The average molecular weight is 197 g/mol. The summed E-state index contributed by atoms with van der Waals surface area (Å²) >= 11 is 0. The molecule has 0 spiro atoms. The molecule has 5 heteroatoms. The maximum atomic E-state index is 11.3. The Morgan fingerprint density at radius 3 is 2.86 bits per heavy atom. The van der Waals surface area contributed by atoms with E-state index in [0.29, 0.717) is 0 Å². The molecule has 0 unspecified atom stereocenters. The molecule has 5 nitrogen and oxygen atoms in total. The lowest BCUT2D eigenvalue weighted by atomic mass is 10.3. The van der Waals surface area contributed by atoms with E-state index >= 15 is 0 Å². The zero-order chi connectivity index (χ0) is 10.7. The predicted molar refractivity (Wildman–Crippen MR) is 49.5 cm³/mol. The van der Waals surface area contributed by atoms with Crippen LogP contribution in [0.4, 0.5) is 4.79 Å². The number of aromatic hydroxyl groups is 1. The maximum Gasteiger partial charge on any atom is 0.418 e. The van der Waals surface area contributed by atoms with Crippen molar-refractivity contribution in [2.24, 2.45) is 0 Å². The van der Waals surface area contributed by atoms with Crippen molar-refractivity contribution in [2.75, 3.05) is 6.61 Å². The van der Waals surface area contributed by atoms with Crippen molar-refractivity contribution in [3.05, 3.63) is 28.2 Å². The lowest BCUT2D eigenvalue weighted by molar-refractivity contribution is 0.153. The van der Waals surface area contributed by atoms with Crippen LogP contribution in [0.25, 0.3) is 0 Å². The Hall–Kier alpha value is -1.78. The van der Waals surface area contributed by atoms with Gasteiger partial charge in [0.2, 0.25) is 5.43 Å². The molecular weight excluding hydrogens is 186 g/mol. The van der Waals surface area contributed by atoms with Gasteiger partial charge in [-0.05, 0) is 13.8 Å². The van der Waals surface area contributed by atoms with Crippen LogP contribution in [-0.4, -0.2) is 22.4 Å². The maximum absolute atomic E-state index is 11.3. The zero-order valence-electron chi connectivity index (χ0n) is 7.98. The van der Waals surface area contributed by atoms with Gasteiger partial charge in [0.1, 0.15) is 0 Å². The molecule has 0 aliphatic heterocycles. The van der Waals surface area contributed by atoms with E-state index in [2.05, 4.69) is 0 Å². The Kier molecular flexibility index (Phi) is 2.91. The molecule has 76 valence electrons. The fourth-order valence-electron chi connectivity index (χ4n) is 1.02. The number of aromatic nitrogens is 1. The van der Waals surface area contributed by atoms with E-state index in [1.165, 1.54) is 13.1 Å². The average Bonchev–Trinajstić information content (AvgIpc) is 2.15. The fraction of sp³-hybridized carbons (Fsp3) is 0.333. The highest BCUT2D eigenvalue weighted by atomic mass is 16.5. The van der Waals surface area contributed by atoms with Crippen LogP contribution in [0.15, 0.2) is 17.1 Å². The molecule has 1 N–H and O–H groups in total. The first-order chi connectivity index (χ1) is 6.57. The molecule has 0 fully saturated rings. The van der Waals surface area contributed by atoms with Crippen LogP contribution in [-0.2, 0) is 4.74 Å². The van der Waals surface area contributed by atoms with E-state index in [4.69, 9.17) is 4.74 Å². The number of pyridine rings is 1. The number of ether oxygens (including phenoxy) is 1. The topological polar surface area (TPSA) is 68.5 Å². The first-order valence-electron chi connectivity index (χ1n) is 4.16. The van der Waals surface area contributed by atoms with Crippen LogP contribution < -0.4 is 5.43 Å². The smallest absolute Gasteiger partial charge is 0.418 e. The van der Waals surface area contributed by atoms with Crippen LogP contribution in [0.1, 0.15) is 12.6 Å². The first-order valence-corrected chi connectivity index (χ1v) is 4.16. The molecule has 0 radical (unpaired) electrons. The lowest BCUT2D eigenvalue weighted by Crippen LogP contribution is -2.18. The van der Waals surface area contributed by atoms with E-state index in [9.17, 15) is 14.7 Å². The van der Waals surface area contributed by atoms with Crippen molar-refractivity contribution in [3.8, 4) is 5.75 Å². The molecular formula is C9H11NO4. The van der Waals surface area contributed by atoms with E-state index in [1.54, 1.807) is 6.92 Å². The van der Waals surface area contributed by atoms with Gasteiger partial charge in [0, 0.05) is 12.3 Å². The van der Waals surface area contributed by atoms with Crippen LogP contribution in [0.2, 0.25) is 0 Å². The summed E-state index contributed by atoms with van der Waals surface area (Å²) in [4.78, 5) is 22.2. The van der Waals surface area contributed by atoms with Gasteiger partial charge in [-0.2, -0.15) is 0 Å². The summed E-state index contributed by atoms with van der Waals surface area (Å²) in [5.74, 6) is -0.430. The number of carbonyl (C=O) groups is 1. The third-order valence-corrected chi connectivity index (χ3v) is 1.78. The van der Waals surface area contributed by atoms with Gasteiger partial charge in [0.05, 0.1) is 12.3 Å². The number of hydrogen-bond acceptors (Lipinski definition) is 4. The SMILES string of the molecule is CCOC(=O)n1ccc(=O)c(O)c1C. The molecule has 0 amide bonds. The molecule has 1 aromatic rings. The Morgan fingerprint density at radius 1 is 1.64 bits per heavy atom. The first kappa shape index (κ1) is 10.3. The van der Waals surface area contributed by atoms with Gasteiger partial charge >= 0.3 is 6.09 Å². The minimum atomic E-state index is -0.611. The number of rotatable bonds is 1. The quantitative estimate of drug-likeness (QED) is 0.725. The fourth-order valence-corrected chi connectivity index (χ4v) is 1.02. The van der Waals surface area contributed by atoms with Gasteiger partial charge in [-0.25, -0.2) is 4.79 Å². The van der Waals surface area contributed by atoms with Crippen LogP contribution >= 0.6 is 0 Å². The molecule has 0 atom stereocenters. The molecule has 1 heterocycles. The molecule has 0 aromatic carbocycles. The number of nitrogens with zero attached hydrogens (tertiary/aromatic N) is 1. The van der Waals surface area contributed by atoms with Gasteiger partial charge < -0.3 is 9.84 Å². The summed E-state index contributed by atoms with van der Waals surface area (Å²) in [6.07, 6.45) is 0.662. The Morgan fingerprint density at radius 2 is 2.29 bits per heavy atom. The summed E-state index contributed by atoms with van der Waals surface area (Å²) in [7, 11) is 0. The van der Waals surface area contributed by atoms with Crippen LogP contribution in [0, 0.1) is 6.92 Å². The molecule has 1 rings (SSSR count). The third-order valence-electron chi connectivity index (χ3n) is 1.78. The normalized spacial score (nSPS) is 9.86. The van der Waals surface area contributed by atoms with Crippen LogP contribution in [0.5, 0.6) is 5.75 Å². The third kappa shape index (κ3) is 1.76. The minimum absolute atomic E-state index is 0.177. The second kappa shape index (κ2) is 3.95. The molecule has 0 saturated carbocycles. The van der Waals surface area contributed by atoms with Crippen molar-refractivity contribution >= 4 is 6.09 Å². The van der Waals surface area contributed by atoms with Gasteiger partial charge in [-0.1, -0.05) is 0 Å². The van der Waals surface area contributed by atoms with Gasteiger partial charge in [0.15, 0.2) is 5.75 Å². The summed E-state index contributed by atoms with van der Waals surface area (Å²) in [5.41, 5.74) is -0.334. The standard InChI is InChI=1S/C9H11NO4/c1-3-14-9(13)10-5-4-7(11)8(12)6(10)2/h4-5,12H,3H2,1-2H3. The number of hydrogen-bond donors (Lipinski definition) is 1. The minimum Gasteiger partial charge on any atom is -0.503 e. The molecule has 0 aliphatic carbocycles. The predicted octanol–water partition coefficient (Wildman–Crippen LogP) is 0.867. The van der Waals surface area contributed by atoms with Crippen molar-refractivity contribution in [2.45, 2.75) is 13.8 Å². The van der Waals surface area contributed by atoms with E-state index in [-0.39, 0.29) is 12.3 Å². The van der Waals surface area contributed by atoms with Crippen molar-refractivity contribution in [1.82, 2.24) is 4.57 Å². The molecule has 0 bridgehead atoms. The Labute approximate surface area is 80.6 Å². The highest BCUT2D eigenvalue weighted by molar-refractivity contribution is 5.71. The summed E-state index contributed by atoms with van der Waals surface area (Å²) < 4.78 is 5.80. The van der Waals surface area contributed by atoms with Gasteiger partial charge in [-0.3, -0.25) is 9.36 Å². The van der Waals surface area contributed by atoms with Crippen molar-refractivity contribution < 1.29 is 14.6 Å². The van der Waals surface area contributed by atoms with Crippen molar-refractivity contribution in [3.63, 3.8) is 0 Å². The molecule has 1 aromatic heterocycles. The van der Waals surface area contributed by atoms with E-state index < -0.39 is 17.3 Å². The number of carbonyl (C=O) groups excluding carboxylic acids is 1. The van der Waals surface area contributed by atoms with Gasteiger partial charge in [-0.15, -0.1) is 0 Å². The lowest BCUT2D eigenvalue weighted by Gasteiger charge is -2.08. The molecule has 0 saturated heterocycles. The zero-order valence-corrected chi connectivity index (χ0v) is 7.98. The highest BCUT2D eigenvalue weighted by Gasteiger charge is 2.11. The summed E-state index contributed by atoms with van der Waals surface area (Å²) in [5, 5.41) is 9.26. The molecule has 0 aliphatic rings. The Balaban J connectivity index is 3.18. The van der Waals surface area contributed by atoms with E-state index in [1.807, 2.05) is 0 Å². The van der Waals surface area contributed by atoms with Gasteiger partial charge in [0.25, 0.3) is 0 Å². The second-order valence-corrected chi connectivity index (χ2v) is 2.68. The van der Waals surface area contributed by atoms with Crippen LogP contribution in [0.3, 0.4) is 0 Å². The Bertz CT molecular complexity index is 408. The highest BCUT2D eigenvalue weighted by Crippen LogP contribution is 2.09. The van der Waals surface area contributed by atoms with Crippen molar-refractivity contribution in [1.29, 1.82) is 0 Å². The largest absolute Gasteiger partial charge is 0.503 e. The second-order valence-electron chi connectivity index (χ2n) is 2.68. The monoisotopic (exact) mass is 197 g/mol. The summed E-state index contributed by atoms with van der Waals surface area (Å²) in [6, 6.07) is 1.11.